The maximum Gasteiger partial charge on any atom is 0.338 e. The van der Waals surface area contributed by atoms with Gasteiger partial charge in [0.05, 0.1) is 11.7 Å². The van der Waals surface area contributed by atoms with E-state index in [-0.39, 0.29) is 24.5 Å². The fraction of sp³-hybridized carbons (Fsp3) is 0.357. The Morgan fingerprint density at radius 3 is 2.33 bits per heavy atom. The summed E-state index contributed by atoms with van der Waals surface area (Å²) in [7, 11) is 0. The van der Waals surface area contributed by atoms with Gasteiger partial charge in [0.15, 0.2) is 0 Å². The Morgan fingerprint density at radius 2 is 1.83 bits per heavy atom. The van der Waals surface area contributed by atoms with Gasteiger partial charge < -0.3 is 9.47 Å². The van der Waals surface area contributed by atoms with Crippen molar-refractivity contribution < 1.29 is 19.1 Å². The third-order valence-electron chi connectivity index (χ3n) is 2.05. The van der Waals surface area contributed by atoms with Crippen LogP contribution < -0.4 is 4.74 Å². The Balaban J connectivity index is 2.62. The van der Waals surface area contributed by atoms with E-state index in [9.17, 15) is 9.59 Å². The predicted octanol–water partition coefficient (Wildman–Crippen LogP) is 2.77. The maximum absolute atomic E-state index is 11.6. The van der Waals surface area contributed by atoms with Gasteiger partial charge in [-0.1, -0.05) is 6.92 Å². The summed E-state index contributed by atoms with van der Waals surface area (Å²) in [5.41, 5.74) is 0.431. The van der Waals surface area contributed by atoms with Gasteiger partial charge in [0, 0.05) is 6.42 Å². The molecule has 1 rings (SSSR count). The summed E-state index contributed by atoms with van der Waals surface area (Å²) in [5, 5.41) is 0. The Labute approximate surface area is 107 Å². The number of hydrogen-bond acceptors (Lipinski definition) is 4. The SMILES string of the molecule is [CH2]CCC(=O)Oc1ccc(C(=O)OC(C)C)cc1. The standard InChI is InChI=1S/C14H17O4/c1-4-5-13(15)18-12-8-6-11(7-9-12)14(16)17-10(2)3/h6-10H,1,4-5H2,2-3H3. The van der Waals surface area contributed by atoms with E-state index in [4.69, 9.17) is 9.47 Å². The molecule has 0 unspecified atom stereocenters. The Hall–Kier alpha value is -1.84. The first-order chi connectivity index (χ1) is 8.52. The molecule has 1 aromatic carbocycles. The number of carbonyl (C=O) groups is 2. The number of ether oxygens (including phenoxy) is 2. The van der Waals surface area contributed by atoms with Crippen molar-refractivity contribution in [1.82, 2.24) is 0 Å². The van der Waals surface area contributed by atoms with Crippen molar-refractivity contribution in [1.29, 1.82) is 0 Å². The van der Waals surface area contributed by atoms with Crippen LogP contribution in [-0.2, 0) is 9.53 Å². The summed E-state index contributed by atoms with van der Waals surface area (Å²) >= 11 is 0. The van der Waals surface area contributed by atoms with Crippen LogP contribution >= 0.6 is 0 Å². The quantitative estimate of drug-likeness (QED) is 0.594. The van der Waals surface area contributed by atoms with E-state index in [2.05, 4.69) is 6.92 Å². The normalized spacial score (nSPS) is 10.2. The first-order valence-electron chi connectivity index (χ1n) is 5.84. The largest absolute Gasteiger partial charge is 0.459 e. The molecule has 0 saturated heterocycles. The first-order valence-corrected chi connectivity index (χ1v) is 5.84. The topological polar surface area (TPSA) is 52.6 Å². The third kappa shape index (κ3) is 4.57. The van der Waals surface area contributed by atoms with Gasteiger partial charge in [0.25, 0.3) is 0 Å². The molecule has 1 aromatic rings. The van der Waals surface area contributed by atoms with Gasteiger partial charge in [-0.05, 0) is 44.5 Å². The van der Waals surface area contributed by atoms with E-state index in [1.807, 2.05) is 0 Å². The predicted molar refractivity (Wildman–Crippen MR) is 67.2 cm³/mol. The van der Waals surface area contributed by atoms with E-state index in [0.717, 1.165) is 0 Å². The Morgan fingerprint density at radius 1 is 1.22 bits per heavy atom. The monoisotopic (exact) mass is 249 g/mol. The minimum absolute atomic E-state index is 0.160. The molecular formula is C14H17O4. The molecule has 4 heteroatoms. The smallest absolute Gasteiger partial charge is 0.338 e. The summed E-state index contributed by atoms with van der Waals surface area (Å²) in [5.74, 6) is -0.308. The second-order valence-electron chi connectivity index (χ2n) is 4.06. The molecule has 0 heterocycles. The van der Waals surface area contributed by atoms with Crippen LogP contribution in [0.1, 0.15) is 37.0 Å². The second kappa shape index (κ2) is 6.79. The lowest BCUT2D eigenvalue weighted by atomic mass is 10.2. The van der Waals surface area contributed by atoms with Crippen LogP contribution in [0.3, 0.4) is 0 Å². The second-order valence-corrected chi connectivity index (χ2v) is 4.06. The molecular weight excluding hydrogens is 232 g/mol. The van der Waals surface area contributed by atoms with Gasteiger partial charge in [-0.2, -0.15) is 0 Å². The van der Waals surface area contributed by atoms with Gasteiger partial charge in [0.2, 0.25) is 0 Å². The van der Waals surface area contributed by atoms with Gasteiger partial charge in [0.1, 0.15) is 5.75 Å². The highest BCUT2D eigenvalue weighted by atomic mass is 16.5. The number of hydrogen-bond donors (Lipinski definition) is 0. The Bertz CT molecular complexity index is 406. The first kappa shape index (κ1) is 14.2. The zero-order valence-corrected chi connectivity index (χ0v) is 10.6. The van der Waals surface area contributed by atoms with Crippen LogP contribution in [0, 0.1) is 6.92 Å². The molecule has 0 N–H and O–H groups in total. The van der Waals surface area contributed by atoms with Crippen LogP contribution in [0.25, 0.3) is 0 Å². The summed E-state index contributed by atoms with van der Waals surface area (Å²) in [6, 6.07) is 6.27. The molecule has 1 radical (unpaired) electrons. The summed E-state index contributed by atoms with van der Waals surface area (Å²) in [6.45, 7) is 7.14. The minimum atomic E-state index is -0.388. The van der Waals surface area contributed by atoms with Crippen LogP contribution in [0.4, 0.5) is 0 Å². The molecule has 0 aromatic heterocycles. The zero-order chi connectivity index (χ0) is 13.5. The molecule has 4 nitrogen and oxygen atoms in total. The van der Waals surface area contributed by atoms with Crippen molar-refractivity contribution in [3.8, 4) is 5.75 Å². The molecule has 0 bridgehead atoms. The number of benzene rings is 1. The Kier molecular flexibility index (Phi) is 5.36. The average molecular weight is 249 g/mol. The van der Waals surface area contributed by atoms with Crippen molar-refractivity contribution in [3.05, 3.63) is 36.8 Å². The van der Waals surface area contributed by atoms with Crippen molar-refractivity contribution in [2.45, 2.75) is 32.8 Å². The van der Waals surface area contributed by atoms with Gasteiger partial charge in [-0.15, -0.1) is 0 Å². The highest BCUT2D eigenvalue weighted by Gasteiger charge is 2.09. The molecule has 0 fully saturated rings. The summed E-state index contributed by atoms with van der Waals surface area (Å²) in [6.07, 6.45) is 0.612. The van der Waals surface area contributed by atoms with Crippen molar-refractivity contribution >= 4 is 11.9 Å². The fourth-order valence-electron chi connectivity index (χ4n) is 1.27. The summed E-state index contributed by atoms with van der Waals surface area (Å²) in [4.78, 5) is 22.8. The third-order valence-corrected chi connectivity index (χ3v) is 2.05. The van der Waals surface area contributed by atoms with Crippen LogP contribution in [-0.4, -0.2) is 18.0 Å². The molecule has 97 valence electrons. The maximum atomic E-state index is 11.6. The molecule has 0 atom stereocenters. The zero-order valence-electron chi connectivity index (χ0n) is 10.6. The van der Waals surface area contributed by atoms with Crippen LogP contribution in [0.15, 0.2) is 24.3 Å². The lowest BCUT2D eigenvalue weighted by molar-refractivity contribution is -0.134. The lowest BCUT2D eigenvalue weighted by Crippen LogP contribution is -2.11. The minimum Gasteiger partial charge on any atom is -0.459 e. The van der Waals surface area contributed by atoms with Crippen molar-refractivity contribution in [2.75, 3.05) is 0 Å². The molecule has 0 aliphatic rings. The van der Waals surface area contributed by atoms with E-state index < -0.39 is 0 Å². The lowest BCUT2D eigenvalue weighted by Gasteiger charge is -2.08. The fourth-order valence-corrected chi connectivity index (χ4v) is 1.27. The number of esters is 2. The van der Waals surface area contributed by atoms with E-state index in [1.165, 1.54) is 0 Å². The molecule has 0 aliphatic carbocycles. The molecule has 0 amide bonds. The van der Waals surface area contributed by atoms with Gasteiger partial charge in [-0.3, -0.25) is 4.79 Å². The van der Waals surface area contributed by atoms with Crippen LogP contribution in [0.5, 0.6) is 5.75 Å². The highest BCUT2D eigenvalue weighted by molar-refractivity contribution is 5.89. The van der Waals surface area contributed by atoms with Crippen LogP contribution in [0.2, 0.25) is 0 Å². The molecule has 0 saturated carbocycles. The number of carbonyl (C=O) groups excluding carboxylic acids is 2. The van der Waals surface area contributed by atoms with Crippen molar-refractivity contribution in [2.24, 2.45) is 0 Å². The van der Waals surface area contributed by atoms with E-state index in [1.54, 1.807) is 38.1 Å². The molecule has 0 aliphatic heterocycles. The average Bonchev–Trinajstić information content (AvgIpc) is 2.29. The van der Waals surface area contributed by atoms with E-state index in [0.29, 0.717) is 17.7 Å². The number of rotatable bonds is 5. The van der Waals surface area contributed by atoms with E-state index >= 15 is 0 Å². The van der Waals surface area contributed by atoms with Crippen molar-refractivity contribution in [3.63, 3.8) is 0 Å². The molecule has 18 heavy (non-hydrogen) atoms. The molecule has 0 spiro atoms. The summed E-state index contributed by atoms with van der Waals surface area (Å²) < 4.78 is 10.1. The van der Waals surface area contributed by atoms with Gasteiger partial charge in [-0.25, -0.2) is 4.79 Å². The van der Waals surface area contributed by atoms with Gasteiger partial charge >= 0.3 is 11.9 Å². The highest BCUT2D eigenvalue weighted by Crippen LogP contribution is 2.14.